The fraction of sp³-hybridized carbons (Fsp3) is 0.640. The SMILES string of the molecule is CC1COCCN1c1cc(C2(S(C)(=O)=O)CC2)c2c(n1)c(-c1ccnn1COCC[Si](C)(C)C)nn2C. The molecule has 1 saturated heterocycles. The number of pyridine rings is 1. The number of aryl methyl sites for hydroxylation is 1. The molecule has 2 fully saturated rings. The summed E-state index contributed by atoms with van der Waals surface area (Å²) in [5, 5.41) is 9.35. The van der Waals surface area contributed by atoms with Crippen LogP contribution in [0.4, 0.5) is 5.82 Å². The summed E-state index contributed by atoms with van der Waals surface area (Å²) in [5.41, 5.74) is 3.71. The number of anilines is 1. The van der Waals surface area contributed by atoms with Gasteiger partial charge in [-0.2, -0.15) is 10.2 Å². The molecular formula is C25H38N6O4SSi. The Morgan fingerprint density at radius 2 is 2.03 bits per heavy atom. The number of nitrogens with zero attached hydrogens (tertiary/aromatic N) is 6. The summed E-state index contributed by atoms with van der Waals surface area (Å²) in [5.74, 6) is 0.764. The third kappa shape index (κ3) is 4.96. The first-order valence-corrected chi connectivity index (χ1v) is 18.5. The number of ether oxygens (including phenoxy) is 2. The molecule has 1 aliphatic heterocycles. The van der Waals surface area contributed by atoms with Crippen molar-refractivity contribution < 1.29 is 17.9 Å². The van der Waals surface area contributed by atoms with E-state index in [9.17, 15) is 8.42 Å². The first kappa shape index (κ1) is 26.3. The van der Waals surface area contributed by atoms with Crippen molar-refractivity contribution in [3.63, 3.8) is 0 Å². The molecule has 0 aromatic carbocycles. The van der Waals surface area contributed by atoms with Crippen molar-refractivity contribution >= 4 is 34.8 Å². The van der Waals surface area contributed by atoms with Gasteiger partial charge in [0.2, 0.25) is 0 Å². The van der Waals surface area contributed by atoms with E-state index in [0.29, 0.717) is 57.1 Å². The maximum absolute atomic E-state index is 13.0. The largest absolute Gasteiger partial charge is 0.377 e. The highest BCUT2D eigenvalue weighted by molar-refractivity contribution is 7.92. The second kappa shape index (κ2) is 9.48. The van der Waals surface area contributed by atoms with Crippen molar-refractivity contribution in [1.82, 2.24) is 24.5 Å². The lowest BCUT2D eigenvalue weighted by Crippen LogP contribution is -2.44. The molecular weight excluding hydrogens is 508 g/mol. The maximum Gasteiger partial charge on any atom is 0.157 e. The molecule has 0 spiro atoms. The van der Waals surface area contributed by atoms with Gasteiger partial charge in [-0.3, -0.25) is 4.68 Å². The lowest BCUT2D eigenvalue weighted by Gasteiger charge is -2.34. The standard InChI is InChI=1S/C25H38N6O4SSi/c1-18-16-34-12-11-30(18)21-15-19(25(8-9-25)36(3,32)33)24-23(27-21)22(28-29(24)2)20-7-10-26-31(20)17-35-13-14-37(4,5)6/h7,10,15,18H,8-9,11-14,16-17H2,1-6H3. The van der Waals surface area contributed by atoms with Gasteiger partial charge in [-0.05, 0) is 37.9 Å². The van der Waals surface area contributed by atoms with Crippen LogP contribution in [0.25, 0.3) is 22.4 Å². The van der Waals surface area contributed by atoms with Gasteiger partial charge in [-0.25, -0.2) is 18.1 Å². The molecule has 1 aliphatic carbocycles. The van der Waals surface area contributed by atoms with E-state index in [2.05, 4.69) is 36.6 Å². The van der Waals surface area contributed by atoms with Crippen LogP contribution in [0.2, 0.25) is 25.7 Å². The molecule has 3 aromatic rings. The summed E-state index contributed by atoms with van der Waals surface area (Å²) < 4.78 is 40.3. The Bertz CT molecular complexity index is 1410. The molecule has 3 aromatic heterocycles. The first-order chi connectivity index (χ1) is 17.4. The predicted molar refractivity (Wildman–Crippen MR) is 147 cm³/mol. The van der Waals surface area contributed by atoms with E-state index in [-0.39, 0.29) is 6.04 Å². The maximum atomic E-state index is 13.0. The Morgan fingerprint density at radius 1 is 1.27 bits per heavy atom. The van der Waals surface area contributed by atoms with Gasteiger partial charge in [0.25, 0.3) is 0 Å². The molecule has 1 unspecified atom stereocenters. The second-order valence-corrected chi connectivity index (χ2v) is 19.6. The Hall–Kier alpha value is -2.28. The van der Waals surface area contributed by atoms with Gasteiger partial charge in [0, 0.05) is 46.3 Å². The number of hydrogen-bond donors (Lipinski definition) is 0. The minimum Gasteiger partial charge on any atom is -0.377 e. The molecule has 2 aliphatic rings. The van der Waals surface area contributed by atoms with Crippen molar-refractivity contribution in [2.24, 2.45) is 7.05 Å². The molecule has 5 rings (SSSR count). The highest BCUT2D eigenvalue weighted by Crippen LogP contribution is 2.55. The lowest BCUT2D eigenvalue weighted by atomic mass is 10.1. The monoisotopic (exact) mass is 546 g/mol. The van der Waals surface area contributed by atoms with E-state index in [1.807, 2.05) is 19.2 Å². The van der Waals surface area contributed by atoms with Crippen LogP contribution in [0.1, 0.15) is 25.3 Å². The number of aromatic nitrogens is 5. The zero-order chi connectivity index (χ0) is 26.6. The normalized spacial score (nSPS) is 20.1. The number of morpholine rings is 1. The molecule has 1 saturated carbocycles. The van der Waals surface area contributed by atoms with E-state index in [4.69, 9.17) is 19.6 Å². The molecule has 0 bridgehead atoms. The molecule has 37 heavy (non-hydrogen) atoms. The Kier molecular flexibility index (Phi) is 6.74. The smallest absolute Gasteiger partial charge is 0.157 e. The molecule has 4 heterocycles. The Balaban J connectivity index is 1.61. The zero-order valence-electron chi connectivity index (χ0n) is 22.7. The summed E-state index contributed by atoms with van der Waals surface area (Å²) in [6.45, 7) is 12.0. The fourth-order valence-corrected chi connectivity index (χ4v) is 7.27. The topological polar surface area (TPSA) is 104 Å². The highest BCUT2D eigenvalue weighted by atomic mass is 32.2. The second-order valence-electron chi connectivity index (χ2n) is 11.6. The van der Waals surface area contributed by atoms with Crippen molar-refractivity contribution in [3.8, 4) is 11.4 Å². The van der Waals surface area contributed by atoms with Gasteiger partial charge < -0.3 is 14.4 Å². The summed E-state index contributed by atoms with van der Waals surface area (Å²) in [7, 11) is -2.68. The summed E-state index contributed by atoms with van der Waals surface area (Å²) in [6, 6.07) is 5.10. The van der Waals surface area contributed by atoms with Crippen LogP contribution in [0.5, 0.6) is 0 Å². The van der Waals surface area contributed by atoms with Crippen LogP contribution in [-0.2, 0) is 37.8 Å². The van der Waals surface area contributed by atoms with Gasteiger partial charge in [-0.15, -0.1) is 0 Å². The van der Waals surface area contributed by atoms with E-state index in [1.165, 1.54) is 6.26 Å². The minimum atomic E-state index is -3.34. The summed E-state index contributed by atoms with van der Waals surface area (Å²) in [6.07, 6.45) is 4.29. The molecule has 0 amide bonds. The molecule has 1 atom stereocenters. The van der Waals surface area contributed by atoms with Gasteiger partial charge in [0.1, 0.15) is 23.8 Å². The van der Waals surface area contributed by atoms with Crippen LogP contribution >= 0.6 is 0 Å². The van der Waals surface area contributed by atoms with E-state index < -0.39 is 22.7 Å². The average molecular weight is 547 g/mol. The fourth-order valence-electron chi connectivity index (χ4n) is 5.12. The number of fused-ring (bicyclic) bond motifs is 1. The van der Waals surface area contributed by atoms with Crippen LogP contribution in [-0.4, -0.2) is 79.7 Å². The van der Waals surface area contributed by atoms with E-state index in [0.717, 1.165) is 28.6 Å². The van der Waals surface area contributed by atoms with E-state index >= 15 is 0 Å². The third-order valence-corrected chi connectivity index (χ3v) is 11.3. The predicted octanol–water partition coefficient (Wildman–Crippen LogP) is 3.40. The first-order valence-electron chi connectivity index (χ1n) is 12.9. The summed E-state index contributed by atoms with van der Waals surface area (Å²) >= 11 is 0. The number of sulfone groups is 1. The van der Waals surface area contributed by atoms with Gasteiger partial charge in [0.05, 0.1) is 35.2 Å². The zero-order valence-corrected chi connectivity index (χ0v) is 24.5. The molecule has 12 heteroatoms. The van der Waals surface area contributed by atoms with Gasteiger partial charge in [-0.1, -0.05) is 19.6 Å². The Morgan fingerprint density at radius 3 is 2.68 bits per heavy atom. The van der Waals surface area contributed by atoms with Crippen LogP contribution in [0.15, 0.2) is 18.3 Å². The lowest BCUT2D eigenvalue weighted by molar-refractivity contribution is 0.0797. The van der Waals surface area contributed by atoms with Crippen molar-refractivity contribution in [2.75, 3.05) is 37.5 Å². The van der Waals surface area contributed by atoms with Crippen LogP contribution in [0, 0.1) is 0 Å². The minimum absolute atomic E-state index is 0.130. The van der Waals surface area contributed by atoms with Crippen molar-refractivity contribution in [2.45, 2.75) is 63.0 Å². The van der Waals surface area contributed by atoms with Gasteiger partial charge in [0.15, 0.2) is 9.84 Å². The van der Waals surface area contributed by atoms with Gasteiger partial charge >= 0.3 is 0 Å². The molecule has 0 N–H and O–H groups in total. The molecule has 202 valence electrons. The van der Waals surface area contributed by atoms with Crippen LogP contribution in [0.3, 0.4) is 0 Å². The average Bonchev–Trinajstić information content (AvgIpc) is 3.42. The van der Waals surface area contributed by atoms with E-state index in [1.54, 1.807) is 15.6 Å². The molecule has 0 radical (unpaired) electrons. The van der Waals surface area contributed by atoms with Crippen LogP contribution < -0.4 is 4.90 Å². The quantitative estimate of drug-likeness (QED) is 0.297. The van der Waals surface area contributed by atoms with Crippen molar-refractivity contribution in [1.29, 1.82) is 0 Å². The molecule has 10 nitrogen and oxygen atoms in total. The highest BCUT2D eigenvalue weighted by Gasteiger charge is 2.55. The van der Waals surface area contributed by atoms with Crippen molar-refractivity contribution in [3.05, 3.63) is 23.9 Å². The Labute approximate surface area is 219 Å². The third-order valence-electron chi connectivity index (χ3n) is 7.51. The summed E-state index contributed by atoms with van der Waals surface area (Å²) in [4.78, 5) is 7.30. The number of hydrogen-bond acceptors (Lipinski definition) is 8. The number of rotatable bonds is 9.